The minimum atomic E-state index is -0.125. The first-order valence-corrected chi connectivity index (χ1v) is 9.71. The topological polar surface area (TPSA) is 76.7 Å². The van der Waals surface area contributed by atoms with Crippen LogP contribution in [0.3, 0.4) is 0 Å². The second-order valence-electron chi connectivity index (χ2n) is 6.42. The van der Waals surface area contributed by atoms with Crippen molar-refractivity contribution in [1.29, 1.82) is 0 Å². The number of ether oxygens (including phenoxy) is 2. The Bertz CT molecular complexity index is 869. The summed E-state index contributed by atoms with van der Waals surface area (Å²) in [5, 5.41) is 6.14. The Morgan fingerprint density at radius 3 is 2.89 bits per heavy atom. The van der Waals surface area contributed by atoms with Crippen molar-refractivity contribution in [2.75, 3.05) is 23.8 Å². The van der Waals surface area contributed by atoms with E-state index in [9.17, 15) is 9.59 Å². The molecule has 2 aromatic rings. The number of nitrogens with one attached hydrogen (secondary N) is 2. The molecule has 2 N–H and O–H groups in total. The molecule has 6 nitrogen and oxygen atoms in total. The van der Waals surface area contributed by atoms with Crippen molar-refractivity contribution >= 4 is 34.8 Å². The third-order valence-electron chi connectivity index (χ3n) is 4.32. The molecule has 0 aliphatic carbocycles. The number of hydrogen-bond acceptors (Lipinski definition) is 4. The van der Waals surface area contributed by atoms with Crippen LogP contribution < -0.4 is 20.1 Å². The van der Waals surface area contributed by atoms with Gasteiger partial charge in [-0.15, -0.1) is 0 Å². The lowest BCUT2D eigenvalue weighted by Crippen LogP contribution is -2.18. The Kier molecular flexibility index (Phi) is 6.76. The molecule has 148 valence electrons. The molecule has 2 amide bonds. The Hall–Kier alpha value is -2.73. The maximum Gasteiger partial charge on any atom is 0.224 e. The summed E-state index contributed by atoms with van der Waals surface area (Å²) in [5.74, 6) is 1.14. The van der Waals surface area contributed by atoms with Crippen LogP contribution in [0.25, 0.3) is 0 Å². The highest BCUT2D eigenvalue weighted by atomic mass is 35.5. The summed E-state index contributed by atoms with van der Waals surface area (Å²) >= 11 is 6.13. The van der Waals surface area contributed by atoms with E-state index in [4.69, 9.17) is 21.1 Å². The van der Waals surface area contributed by atoms with E-state index < -0.39 is 0 Å². The Balaban J connectivity index is 1.46. The van der Waals surface area contributed by atoms with Gasteiger partial charge < -0.3 is 20.1 Å². The van der Waals surface area contributed by atoms with Crippen LogP contribution in [0.5, 0.6) is 11.5 Å². The third kappa shape index (κ3) is 5.16. The summed E-state index contributed by atoms with van der Waals surface area (Å²) in [6.07, 6.45) is 2.09. The van der Waals surface area contributed by atoms with Crippen LogP contribution in [0.15, 0.2) is 36.4 Å². The minimum absolute atomic E-state index is 0.0411. The van der Waals surface area contributed by atoms with Gasteiger partial charge in [0.05, 0.1) is 23.9 Å². The number of halogens is 1. The van der Waals surface area contributed by atoms with Gasteiger partial charge in [-0.1, -0.05) is 17.7 Å². The van der Waals surface area contributed by atoms with Crippen LogP contribution in [0.2, 0.25) is 5.02 Å². The molecule has 0 spiro atoms. The molecule has 7 heteroatoms. The average molecular weight is 403 g/mol. The monoisotopic (exact) mass is 402 g/mol. The van der Waals surface area contributed by atoms with E-state index in [2.05, 4.69) is 10.6 Å². The Labute approximate surface area is 169 Å². The molecule has 28 heavy (non-hydrogen) atoms. The highest BCUT2D eigenvalue weighted by Gasteiger charge is 2.15. The van der Waals surface area contributed by atoms with Crippen LogP contribution >= 0.6 is 11.6 Å². The molecule has 3 rings (SSSR count). The normalized spacial score (nSPS) is 12.7. The first-order chi connectivity index (χ1) is 13.6. The van der Waals surface area contributed by atoms with Crippen LogP contribution in [-0.4, -0.2) is 25.0 Å². The van der Waals surface area contributed by atoms with Gasteiger partial charge in [-0.3, -0.25) is 9.59 Å². The van der Waals surface area contributed by atoms with Crippen LogP contribution in [0, 0.1) is 0 Å². The van der Waals surface area contributed by atoms with Gasteiger partial charge in [-0.2, -0.15) is 0 Å². The predicted octanol–water partition coefficient (Wildman–Crippen LogP) is 4.42. The molecule has 0 bridgehead atoms. The van der Waals surface area contributed by atoms with Crippen molar-refractivity contribution in [1.82, 2.24) is 0 Å². The molecule has 1 heterocycles. The van der Waals surface area contributed by atoms with Crippen molar-refractivity contribution in [3.05, 3.63) is 47.0 Å². The third-order valence-corrected chi connectivity index (χ3v) is 4.62. The zero-order valence-electron chi connectivity index (χ0n) is 15.7. The number of amides is 2. The van der Waals surface area contributed by atoms with E-state index in [0.717, 1.165) is 17.0 Å². The fraction of sp³-hybridized carbons (Fsp3) is 0.333. The molecular weight excluding hydrogens is 380 g/mol. The van der Waals surface area contributed by atoms with E-state index in [1.807, 2.05) is 25.1 Å². The number of rotatable bonds is 8. The fourth-order valence-corrected chi connectivity index (χ4v) is 3.21. The zero-order valence-corrected chi connectivity index (χ0v) is 16.5. The van der Waals surface area contributed by atoms with Gasteiger partial charge in [-0.25, -0.2) is 0 Å². The number of carbonyl (C=O) groups is 2. The molecule has 1 aliphatic rings. The molecule has 0 radical (unpaired) electrons. The first-order valence-electron chi connectivity index (χ1n) is 9.33. The lowest BCUT2D eigenvalue weighted by Gasteiger charge is -2.17. The summed E-state index contributed by atoms with van der Waals surface area (Å²) in [6.45, 7) is 2.75. The summed E-state index contributed by atoms with van der Waals surface area (Å²) in [6, 6.07) is 10.9. The highest BCUT2D eigenvalue weighted by Crippen LogP contribution is 2.33. The Morgan fingerprint density at radius 2 is 2.07 bits per heavy atom. The lowest BCUT2D eigenvalue weighted by atomic mass is 10.0. The van der Waals surface area contributed by atoms with Gasteiger partial charge >= 0.3 is 0 Å². The summed E-state index contributed by atoms with van der Waals surface area (Å²) in [4.78, 5) is 23.6. The van der Waals surface area contributed by atoms with Gasteiger partial charge in [0.2, 0.25) is 11.8 Å². The van der Waals surface area contributed by atoms with E-state index in [1.54, 1.807) is 18.2 Å². The average Bonchev–Trinajstić information content (AvgIpc) is 2.68. The van der Waals surface area contributed by atoms with Gasteiger partial charge in [0.25, 0.3) is 0 Å². The molecular formula is C21H23ClN2O4. The number of fused-ring (bicyclic) bond motifs is 1. The number of anilines is 2. The van der Waals surface area contributed by atoms with E-state index >= 15 is 0 Å². The zero-order chi connectivity index (χ0) is 19.9. The van der Waals surface area contributed by atoms with Gasteiger partial charge in [0, 0.05) is 18.5 Å². The van der Waals surface area contributed by atoms with Crippen molar-refractivity contribution in [2.45, 2.75) is 32.6 Å². The number of hydrogen-bond donors (Lipinski definition) is 2. The summed E-state index contributed by atoms with van der Waals surface area (Å²) in [5.41, 5.74) is 2.48. The van der Waals surface area contributed by atoms with Crippen LogP contribution in [0.1, 0.15) is 31.7 Å². The molecule has 0 saturated carbocycles. The molecule has 0 unspecified atom stereocenters. The lowest BCUT2D eigenvalue weighted by molar-refractivity contribution is -0.117. The first kappa shape index (κ1) is 20.0. The minimum Gasteiger partial charge on any atom is -0.494 e. The van der Waals surface area contributed by atoms with Crippen LogP contribution in [-0.2, 0) is 16.0 Å². The second kappa shape index (κ2) is 9.46. The van der Waals surface area contributed by atoms with Crippen molar-refractivity contribution in [3.63, 3.8) is 0 Å². The quantitative estimate of drug-likeness (QED) is 0.641. The van der Waals surface area contributed by atoms with Crippen molar-refractivity contribution < 1.29 is 19.1 Å². The molecule has 1 aliphatic heterocycles. The molecule has 0 saturated heterocycles. The van der Waals surface area contributed by atoms with Crippen LogP contribution in [0.4, 0.5) is 11.4 Å². The largest absolute Gasteiger partial charge is 0.494 e. The van der Waals surface area contributed by atoms with E-state index in [0.29, 0.717) is 55.4 Å². The maximum atomic E-state index is 12.2. The Morgan fingerprint density at radius 1 is 1.21 bits per heavy atom. The summed E-state index contributed by atoms with van der Waals surface area (Å²) in [7, 11) is 0. The molecule has 2 aromatic carbocycles. The van der Waals surface area contributed by atoms with E-state index in [1.165, 1.54) is 0 Å². The van der Waals surface area contributed by atoms with Gasteiger partial charge in [0.1, 0.15) is 5.75 Å². The number of benzene rings is 2. The number of aryl methyl sites for hydroxylation is 1. The standard InChI is InChI=1S/C21H23ClN2O4/c1-2-27-21-16(22)5-3-6-18(21)24-19(25)7-4-12-28-15-9-10-17-14(13-15)8-11-20(26)23-17/h3,5-6,9-10,13H,2,4,7-8,11-12H2,1H3,(H,23,26)(H,24,25). The van der Waals surface area contributed by atoms with Gasteiger partial charge in [-0.05, 0) is 55.7 Å². The van der Waals surface area contributed by atoms with E-state index in [-0.39, 0.29) is 11.8 Å². The number of para-hydroxylation sites is 1. The highest BCUT2D eigenvalue weighted by molar-refractivity contribution is 6.32. The SMILES string of the molecule is CCOc1c(Cl)cccc1NC(=O)CCCOc1ccc2c(c1)CCC(=O)N2. The maximum absolute atomic E-state index is 12.2. The molecule has 0 fully saturated rings. The summed E-state index contributed by atoms with van der Waals surface area (Å²) < 4.78 is 11.2. The predicted molar refractivity (Wildman–Crippen MR) is 109 cm³/mol. The fourth-order valence-electron chi connectivity index (χ4n) is 2.98. The van der Waals surface area contributed by atoms with Crippen molar-refractivity contribution in [3.8, 4) is 11.5 Å². The van der Waals surface area contributed by atoms with Gasteiger partial charge in [0.15, 0.2) is 5.75 Å². The van der Waals surface area contributed by atoms with Crippen molar-refractivity contribution in [2.24, 2.45) is 0 Å². The molecule has 0 atom stereocenters. The smallest absolute Gasteiger partial charge is 0.224 e. The number of carbonyl (C=O) groups excluding carboxylic acids is 2. The second-order valence-corrected chi connectivity index (χ2v) is 6.82. The molecule has 0 aromatic heterocycles.